The van der Waals surface area contributed by atoms with Crippen LogP contribution in [0, 0.1) is 0 Å². The number of benzene rings is 1. The van der Waals surface area contributed by atoms with Crippen molar-refractivity contribution in [1.29, 1.82) is 0 Å². The smallest absolute Gasteiger partial charge is 0.0840 e. The van der Waals surface area contributed by atoms with Crippen LogP contribution >= 0.6 is 0 Å². The van der Waals surface area contributed by atoms with Crippen LogP contribution in [0.5, 0.6) is 0 Å². The van der Waals surface area contributed by atoms with Crippen molar-refractivity contribution in [3.8, 4) is 0 Å². The van der Waals surface area contributed by atoms with Crippen molar-refractivity contribution in [2.24, 2.45) is 0 Å². The highest BCUT2D eigenvalue weighted by atomic mass is 16.3. The summed E-state index contributed by atoms with van der Waals surface area (Å²) in [5.41, 5.74) is 1.55. The third kappa shape index (κ3) is 4.02. The van der Waals surface area contributed by atoms with Crippen LogP contribution in [0.1, 0.15) is 25.0 Å². The lowest BCUT2D eigenvalue weighted by molar-refractivity contribution is 0.0786. The summed E-state index contributed by atoms with van der Waals surface area (Å²) in [7, 11) is 4.15. The van der Waals surface area contributed by atoms with Gasteiger partial charge in [0.2, 0.25) is 0 Å². The average Bonchev–Trinajstić information content (AvgIpc) is 2.14. The van der Waals surface area contributed by atoms with Crippen molar-refractivity contribution in [3.63, 3.8) is 0 Å². The molecule has 0 amide bonds. The molecule has 0 aromatic heterocycles. The van der Waals surface area contributed by atoms with Crippen molar-refractivity contribution >= 4 is 0 Å². The Morgan fingerprint density at radius 2 is 1.67 bits per heavy atom. The summed E-state index contributed by atoms with van der Waals surface area (Å²) in [6, 6.07) is 8.20. The van der Waals surface area contributed by atoms with Crippen molar-refractivity contribution in [2.75, 3.05) is 20.6 Å². The quantitative estimate of drug-likeness (QED) is 0.816. The highest BCUT2D eigenvalue weighted by molar-refractivity contribution is 5.26. The Morgan fingerprint density at radius 3 is 2.07 bits per heavy atom. The fourth-order valence-corrected chi connectivity index (χ4v) is 1.43. The van der Waals surface area contributed by atoms with Gasteiger partial charge >= 0.3 is 0 Å². The van der Waals surface area contributed by atoms with Gasteiger partial charge in [0.1, 0.15) is 0 Å². The zero-order valence-corrected chi connectivity index (χ0v) is 10.1. The van der Waals surface area contributed by atoms with E-state index in [1.54, 1.807) is 0 Å². The lowest BCUT2D eigenvalue weighted by atomic mass is 9.97. The molecular formula is C13H21NO. The maximum atomic E-state index is 9.79. The Labute approximate surface area is 92.5 Å². The molecule has 0 saturated heterocycles. The molecule has 1 aromatic carbocycles. The molecule has 84 valence electrons. The van der Waals surface area contributed by atoms with Crippen molar-refractivity contribution < 1.29 is 5.11 Å². The second kappa shape index (κ2) is 4.77. The van der Waals surface area contributed by atoms with E-state index in [1.165, 1.54) is 5.56 Å². The third-order valence-electron chi connectivity index (χ3n) is 2.51. The predicted octanol–water partition coefficient (Wildman–Crippen LogP) is 2.02. The zero-order valence-electron chi connectivity index (χ0n) is 10.1. The van der Waals surface area contributed by atoms with E-state index < -0.39 is 5.60 Å². The molecule has 0 atom stereocenters. The summed E-state index contributed by atoms with van der Waals surface area (Å²) in [6.45, 7) is 4.67. The summed E-state index contributed by atoms with van der Waals surface area (Å²) in [4.78, 5) is 2.17. The molecule has 0 fully saturated rings. The minimum absolute atomic E-state index is 0.736. The molecule has 0 aliphatic rings. The van der Waals surface area contributed by atoms with Gasteiger partial charge in [0.15, 0.2) is 0 Å². The van der Waals surface area contributed by atoms with Gasteiger partial charge in [-0.25, -0.2) is 0 Å². The average molecular weight is 207 g/mol. The summed E-state index contributed by atoms with van der Waals surface area (Å²) in [5.74, 6) is 0. The van der Waals surface area contributed by atoms with Gasteiger partial charge in [0.25, 0.3) is 0 Å². The molecule has 0 spiro atoms. The summed E-state index contributed by atoms with van der Waals surface area (Å²) in [6.07, 6.45) is 1.05. The Balaban J connectivity index is 2.65. The van der Waals surface area contributed by atoms with Crippen LogP contribution in [-0.2, 0) is 12.0 Å². The maximum Gasteiger partial charge on any atom is 0.0840 e. The molecule has 1 rings (SSSR count). The van der Waals surface area contributed by atoms with Gasteiger partial charge in [0, 0.05) is 6.54 Å². The summed E-state index contributed by atoms with van der Waals surface area (Å²) in [5, 5.41) is 9.79. The number of nitrogens with zero attached hydrogens (tertiary/aromatic N) is 1. The van der Waals surface area contributed by atoms with E-state index in [-0.39, 0.29) is 0 Å². The van der Waals surface area contributed by atoms with E-state index in [0.29, 0.717) is 0 Å². The van der Waals surface area contributed by atoms with Gasteiger partial charge in [-0.1, -0.05) is 24.3 Å². The maximum absolute atomic E-state index is 9.79. The molecular weight excluding hydrogens is 186 g/mol. The van der Waals surface area contributed by atoms with Crippen molar-refractivity contribution in [1.82, 2.24) is 4.90 Å². The first-order valence-electron chi connectivity index (χ1n) is 5.36. The highest BCUT2D eigenvalue weighted by Gasteiger charge is 2.14. The monoisotopic (exact) mass is 207 g/mol. The topological polar surface area (TPSA) is 23.5 Å². The third-order valence-corrected chi connectivity index (χ3v) is 2.51. The van der Waals surface area contributed by atoms with Crippen LogP contribution in [0.25, 0.3) is 0 Å². The van der Waals surface area contributed by atoms with Crippen LogP contribution in [-0.4, -0.2) is 30.6 Å². The Morgan fingerprint density at radius 1 is 1.13 bits per heavy atom. The summed E-state index contributed by atoms with van der Waals surface area (Å²) >= 11 is 0. The number of hydrogen-bond acceptors (Lipinski definition) is 2. The summed E-state index contributed by atoms with van der Waals surface area (Å²) < 4.78 is 0. The Kier molecular flexibility index (Phi) is 3.89. The molecule has 2 nitrogen and oxygen atoms in total. The number of likely N-dealkylation sites (N-methyl/N-ethyl adjacent to an activating group) is 1. The van der Waals surface area contributed by atoms with Crippen LogP contribution in [0.2, 0.25) is 0 Å². The standard InChI is InChI=1S/C13H21NO/c1-13(2,15)12-7-5-11(6-8-12)9-10-14(3)4/h5-8,15H,9-10H2,1-4H3. The van der Waals surface area contributed by atoms with Crippen molar-refractivity contribution in [3.05, 3.63) is 35.4 Å². The van der Waals surface area contributed by atoms with Gasteiger partial charge in [-0.2, -0.15) is 0 Å². The Bertz CT molecular complexity index is 295. The first-order chi connectivity index (χ1) is 6.89. The molecule has 2 heteroatoms. The van der Waals surface area contributed by atoms with Gasteiger partial charge < -0.3 is 10.0 Å². The van der Waals surface area contributed by atoms with E-state index in [0.717, 1.165) is 18.5 Å². The van der Waals surface area contributed by atoms with Crippen LogP contribution in [0.15, 0.2) is 24.3 Å². The second-order valence-corrected chi connectivity index (χ2v) is 4.81. The molecule has 0 aliphatic heterocycles. The molecule has 0 radical (unpaired) electrons. The Hall–Kier alpha value is -0.860. The largest absolute Gasteiger partial charge is 0.386 e. The molecule has 0 saturated carbocycles. The number of aliphatic hydroxyl groups is 1. The van der Waals surface area contributed by atoms with E-state index >= 15 is 0 Å². The normalized spacial score (nSPS) is 12.1. The van der Waals surface area contributed by atoms with Gasteiger partial charge in [0.05, 0.1) is 5.60 Å². The molecule has 0 heterocycles. The lowest BCUT2D eigenvalue weighted by Crippen LogP contribution is -2.16. The molecule has 1 aromatic rings. The minimum atomic E-state index is -0.736. The first-order valence-corrected chi connectivity index (χ1v) is 5.36. The van der Waals surface area contributed by atoms with Crippen LogP contribution in [0.3, 0.4) is 0 Å². The van der Waals surface area contributed by atoms with Crippen LogP contribution in [0.4, 0.5) is 0 Å². The number of rotatable bonds is 4. The zero-order chi connectivity index (χ0) is 11.5. The highest BCUT2D eigenvalue weighted by Crippen LogP contribution is 2.19. The van der Waals surface area contributed by atoms with Crippen molar-refractivity contribution in [2.45, 2.75) is 25.9 Å². The van der Waals surface area contributed by atoms with Gasteiger partial charge in [-0.3, -0.25) is 0 Å². The minimum Gasteiger partial charge on any atom is -0.386 e. The number of hydrogen-bond donors (Lipinski definition) is 1. The van der Waals surface area contributed by atoms with Gasteiger partial charge in [-0.05, 0) is 45.5 Å². The lowest BCUT2D eigenvalue weighted by Gasteiger charge is -2.18. The fourth-order valence-electron chi connectivity index (χ4n) is 1.43. The van der Waals surface area contributed by atoms with E-state index in [4.69, 9.17) is 0 Å². The molecule has 0 aliphatic carbocycles. The van der Waals surface area contributed by atoms with Crippen LogP contribution < -0.4 is 0 Å². The second-order valence-electron chi connectivity index (χ2n) is 4.81. The van der Waals surface area contributed by atoms with E-state index in [1.807, 2.05) is 26.0 Å². The fraction of sp³-hybridized carbons (Fsp3) is 0.538. The van der Waals surface area contributed by atoms with E-state index in [9.17, 15) is 5.11 Å². The van der Waals surface area contributed by atoms with E-state index in [2.05, 4.69) is 31.1 Å². The SMILES string of the molecule is CN(C)CCc1ccc(C(C)(C)O)cc1. The van der Waals surface area contributed by atoms with Gasteiger partial charge in [-0.15, -0.1) is 0 Å². The molecule has 15 heavy (non-hydrogen) atoms. The molecule has 0 bridgehead atoms. The molecule has 1 N–H and O–H groups in total. The predicted molar refractivity (Wildman–Crippen MR) is 63.9 cm³/mol. The molecule has 0 unspecified atom stereocenters. The first kappa shape index (κ1) is 12.2.